The molecule has 0 spiro atoms. The summed E-state index contributed by atoms with van der Waals surface area (Å²) in [6.45, 7) is 6.10. The van der Waals surface area contributed by atoms with Crippen molar-refractivity contribution in [2.45, 2.75) is 77.6 Å². The van der Waals surface area contributed by atoms with Gasteiger partial charge in [0.25, 0.3) is 0 Å². The maximum atomic E-state index is 3.83. The van der Waals surface area contributed by atoms with Gasteiger partial charge < -0.3 is 0 Å². The van der Waals surface area contributed by atoms with Crippen LogP contribution in [0.3, 0.4) is 0 Å². The fourth-order valence-electron chi connectivity index (χ4n) is 1.83. The van der Waals surface area contributed by atoms with E-state index in [1.54, 1.807) is 0 Å². The Hall–Kier alpha value is -0.520. The molecule has 0 saturated heterocycles. The minimum Gasteiger partial charge on any atom is -0.0845 e. The molecule has 0 N–H and O–H groups in total. The third kappa shape index (κ3) is 15.5. The van der Waals surface area contributed by atoms with Crippen LogP contribution in [-0.2, 0) is 0 Å². The predicted octanol–water partition coefficient (Wildman–Crippen LogP) is 6.24. The zero-order valence-corrected chi connectivity index (χ0v) is 11.8. The predicted molar refractivity (Wildman–Crippen MR) is 80.1 cm³/mol. The van der Waals surface area contributed by atoms with Crippen molar-refractivity contribution in [1.82, 2.24) is 0 Å². The largest absolute Gasteiger partial charge is 0.0845 e. The van der Waals surface area contributed by atoms with Gasteiger partial charge in [0.15, 0.2) is 0 Å². The van der Waals surface area contributed by atoms with Crippen LogP contribution >= 0.6 is 0 Å². The van der Waals surface area contributed by atoms with Gasteiger partial charge in [-0.3, -0.25) is 0 Å². The minimum absolute atomic E-state index is 1.05. The summed E-state index contributed by atoms with van der Waals surface area (Å²) in [5.74, 6) is 0. The van der Waals surface area contributed by atoms with Crippen molar-refractivity contribution in [3.63, 3.8) is 0 Å². The molecule has 0 aromatic rings. The Bertz CT molecular complexity index is 176. The average molecular weight is 235 g/mol. The molecule has 0 aromatic carbocycles. The second-order valence-corrected chi connectivity index (χ2v) is 4.76. The van der Waals surface area contributed by atoms with Crippen molar-refractivity contribution in [2.75, 3.05) is 0 Å². The first-order chi connectivity index (χ1) is 8.41. The monoisotopic (exact) mass is 235 g/mol. The van der Waals surface area contributed by atoms with Crippen molar-refractivity contribution in [3.8, 4) is 0 Å². The Morgan fingerprint density at radius 3 is 1.82 bits per heavy atom. The summed E-state index contributed by atoms with van der Waals surface area (Å²) in [5, 5.41) is 0. The van der Waals surface area contributed by atoms with Gasteiger partial charge in [0.1, 0.15) is 0 Å². The highest BCUT2D eigenvalue weighted by Gasteiger charge is 1.88. The highest BCUT2D eigenvalue weighted by molar-refractivity contribution is 5.02. The van der Waals surface area contributed by atoms with E-state index in [4.69, 9.17) is 0 Å². The van der Waals surface area contributed by atoms with Crippen molar-refractivity contribution in [2.24, 2.45) is 0 Å². The first-order valence-electron chi connectivity index (χ1n) is 7.52. The van der Waals surface area contributed by atoms with Crippen molar-refractivity contribution >= 4 is 0 Å². The molecule has 0 aromatic heterocycles. The van der Waals surface area contributed by atoms with E-state index in [0.717, 1.165) is 6.42 Å². The summed E-state index contributed by atoms with van der Waals surface area (Å²) in [4.78, 5) is 0. The highest BCUT2D eigenvalue weighted by Crippen LogP contribution is 2.08. The zero-order chi connectivity index (χ0) is 12.6. The lowest BCUT2D eigenvalue weighted by molar-refractivity contribution is 0.592. The molecule has 0 heteroatoms. The van der Waals surface area contributed by atoms with Crippen LogP contribution in [-0.4, -0.2) is 0 Å². The lowest BCUT2D eigenvalue weighted by Crippen LogP contribution is -1.78. The molecule has 0 bridgehead atoms. The van der Waals surface area contributed by atoms with Gasteiger partial charge in [-0.15, -0.1) is 0 Å². The van der Waals surface area contributed by atoms with Crippen molar-refractivity contribution in [1.29, 1.82) is 0 Å². The van der Waals surface area contributed by atoms with Crippen LogP contribution in [0.25, 0.3) is 0 Å². The van der Waals surface area contributed by atoms with Gasteiger partial charge in [-0.25, -0.2) is 0 Å². The second-order valence-electron chi connectivity index (χ2n) is 4.76. The lowest BCUT2D eigenvalue weighted by Gasteiger charge is -1.98. The molecule has 0 saturated carbocycles. The Morgan fingerprint density at radius 2 is 1.24 bits per heavy atom. The van der Waals surface area contributed by atoms with Crippen LogP contribution in [0.2, 0.25) is 0 Å². The molecule has 0 amide bonds. The average Bonchev–Trinajstić information content (AvgIpc) is 2.35. The molecular weight excluding hydrogens is 204 g/mol. The van der Waals surface area contributed by atoms with Gasteiger partial charge in [-0.1, -0.05) is 83.1 Å². The first kappa shape index (κ1) is 16.5. The Morgan fingerprint density at radius 1 is 0.706 bits per heavy atom. The summed E-state index contributed by atoms with van der Waals surface area (Å²) in [6, 6.07) is 0. The Balaban J connectivity index is 3.11. The van der Waals surface area contributed by atoms with Crippen LogP contribution in [0.5, 0.6) is 0 Å². The molecule has 0 fully saturated rings. The summed E-state index contributed by atoms with van der Waals surface area (Å²) in [5.41, 5.74) is 0. The van der Waals surface area contributed by atoms with E-state index >= 15 is 0 Å². The fraction of sp³-hybridized carbons (Fsp3) is 0.706. The van der Waals surface area contributed by atoms with Crippen molar-refractivity contribution < 1.29 is 0 Å². The molecule has 0 aliphatic heterocycles. The summed E-state index contributed by atoms with van der Waals surface area (Å²) < 4.78 is 0. The Labute approximate surface area is 109 Å². The molecule has 0 aliphatic rings. The van der Waals surface area contributed by atoms with Gasteiger partial charge in [0.2, 0.25) is 0 Å². The fourth-order valence-corrected chi connectivity index (χ4v) is 1.83. The van der Waals surface area contributed by atoms with E-state index in [9.17, 15) is 0 Å². The summed E-state index contributed by atoms with van der Waals surface area (Å²) >= 11 is 0. The van der Waals surface area contributed by atoms with Crippen LogP contribution in [0.4, 0.5) is 0 Å². The smallest absolute Gasteiger partial charge is 0.0348 e. The molecule has 0 aliphatic carbocycles. The van der Waals surface area contributed by atoms with Crippen LogP contribution in [0, 0.1) is 6.92 Å². The topological polar surface area (TPSA) is 0 Å². The molecule has 0 nitrogen and oxygen atoms in total. The van der Waals surface area contributed by atoms with E-state index in [0.29, 0.717) is 0 Å². The standard InChI is InChI=1S/C17H31/c1-3-5-7-9-11-13-15-17-16-14-12-10-8-6-4-2/h9,11,13,15H,1,3-8,10,12,14,16-17H2,2H3/b11-9+,15-13+. The minimum atomic E-state index is 1.05. The third-order valence-corrected chi connectivity index (χ3v) is 2.98. The Kier molecular flexibility index (Phi) is 15.0. The molecule has 0 heterocycles. The number of rotatable bonds is 12. The molecular formula is C17H31. The second kappa shape index (κ2) is 15.5. The number of allylic oxidation sites excluding steroid dienone is 4. The van der Waals surface area contributed by atoms with Gasteiger partial charge in [-0.2, -0.15) is 0 Å². The van der Waals surface area contributed by atoms with Crippen LogP contribution < -0.4 is 0 Å². The molecule has 0 atom stereocenters. The number of hydrogen-bond donors (Lipinski definition) is 0. The first-order valence-corrected chi connectivity index (χ1v) is 7.52. The van der Waals surface area contributed by atoms with Gasteiger partial charge in [0.05, 0.1) is 0 Å². The molecule has 17 heavy (non-hydrogen) atoms. The van der Waals surface area contributed by atoms with E-state index in [2.05, 4.69) is 38.2 Å². The zero-order valence-electron chi connectivity index (χ0n) is 11.8. The van der Waals surface area contributed by atoms with Gasteiger partial charge in [0, 0.05) is 0 Å². The van der Waals surface area contributed by atoms with E-state index in [1.807, 2.05) is 0 Å². The maximum Gasteiger partial charge on any atom is -0.0348 e. The normalized spacial score (nSPS) is 11.9. The van der Waals surface area contributed by atoms with E-state index in [-0.39, 0.29) is 0 Å². The van der Waals surface area contributed by atoms with Gasteiger partial charge in [-0.05, 0) is 25.7 Å². The van der Waals surface area contributed by atoms with Gasteiger partial charge >= 0.3 is 0 Å². The maximum absolute atomic E-state index is 3.83. The van der Waals surface area contributed by atoms with Crippen molar-refractivity contribution in [3.05, 3.63) is 31.2 Å². The number of hydrogen-bond acceptors (Lipinski definition) is 0. The molecule has 99 valence electrons. The van der Waals surface area contributed by atoms with E-state index in [1.165, 1.54) is 64.2 Å². The summed E-state index contributed by atoms with van der Waals surface area (Å²) in [6.07, 6.45) is 23.4. The third-order valence-electron chi connectivity index (χ3n) is 2.98. The SMILES string of the molecule is [CH2]CCC/C=C/C=C/CCCCCCCCC. The lowest BCUT2D eigenvalue weighted by atomic mass is 10.1. The van der Waals surface area contributed by atoms with E-state index < -0.39 is 0 Å². The molecule has 1 radical (unpaired) electrons. The summed E-state index contributed by atoms with van der Waals surface area (Å²) in [7, 11) is 0. The molecule has 0 unspecified atom stereocenters. The number of unbranched alkanes of at least 4 members (excludes halogenated alkanes) is 9. The molecule has 0 rings (SSSR count). The van der Waals surface area contributed by atoms with Crippen LogP contribution in [0.15, 0.2) is 24.3 Å². The highest BCUT2D eigenvalue weighted by atomic mass is 13.9. The quantitative estimate of drug-likeness (QED) is 0.277. The van der Waals surface area contributed by atoms with Crippen LogP contribution in [0.1, 0.15) is 77.6 Å².